The lowest BCUT2D eigenvalue weighted by molar-refractivity contribution is -0.136. The van der Waals surface area contributed by atoms with Gasteiger partial charge in [0.1, 0.15) is 12.6 Å². The molecule has 2 rings (SSSR count). The number of ether oxygens (including phenoxy) is 1. The van der Waals surface area contributed by atoms with Gasteiger partial charge in [0.15, 0.2) is 0 Å². The molecule has 0 bridgehead atoms. The maximum Gasteiger partial charge on any atom is 0.249 e. The molecule has 2 amide bonds. The largest absolute Gasteiger partial charge is 0.369 e. The van der Waals surface area contributed by atoms with E-state index in [1.54, 1.807) is 0 Å². The quantitative estimate of drug-likeness (QED) is 0.862. The minimum absolute atomic E-state index is 0.0207. The molecule has 0 aliphatic carbocycles. The molecule has 2 N–H and O–H groups in total. The molecule has 1 fully saturated rings. The molecule has 1 atom stereocenters. The van der Waals surface area contributed by atoms with Gasteiger partial charge in [-0.15, -0.1) is 0 Å². The van der Waals surface area contributed by atoms with E-state index in [4.69, 9.17) is 4.74 Å². The standard InChI is InChI=1S/C14H18N2O3/c1-9(2)10-3-5-11(6-4-10)15-14(18)12-7-19-8-13(17)16-12/h3-6,9,12H,7-8H2,1-2H3,(H,15,18)(H,16,17). The van der Waals surface area contributed by atoms with Crippen molar-refractivity contribution in [2.45, 2.75) is 25.8 Å². The molecule has 102 valence electrons. The number of anilines is 1. The molecule has 0 radical (unpaired) electrons. The first kappa shape index (κ1) is 13.5. The van der Waals surface area contributed by atoms with Crippen molar-refractivity contribution in [1.82, 2.24) is 5.32 Å². The average Bonchev–Trinajstić information content (AvgIpc) is 2.39. The van der Waals surface area contributed by atoms with Gasteiger partial charge in [-0.3, -0.25) is 9.59 Å². The van der Waals surface area contributed by atoms with Crippen LogP contribution in [0.4, 0.5) is 5.69 Å². The third-order valence-electron chi connectivity index (χ3n) is 3.01. The number of carbonyl (C=O) groups excluding carboxylic acids is 2. The fourth-order valence-corrected chi connectivity index (χ4v) is 1.87. The van der Waals surface area contributed by atoms with E-state index in [0.29, 0.717) is 11.6 Å². The summed E-state index contributed by atoms with van der Waals surface area (Å²) < 4.78 is 5.03. The van der Waals surface area contributed by atoms with Crippen LogP contribution in [0.1, 0.15) is 25.3 Å². The Balaban J connectivity index is 1.96. The van der Waals surface area contributed by atoms with Crippen LogP contribution in [-0.4, -0.2) is 31.1 Å². The first-order chi connectivity index (χ1) is 9.06. The summed E-state index contributed by atoms with van der Waals surface area (Å²) in [6.45, 7) is 4.46. The molecule has 5 heteroatoms. The normalized spacial score (nSPS) is 19.1. The summed E-state index contributed by atoms with van der Waals surface area (Å²) in [5.74, 6) is -0.0670. The van der Waals surface area contributed by atoms with Crippen LogP contribution in [0.2, 0.25) is 0 Å². The fraction of sp³-hybridized carbons (Fsp3) is 0.429. The second-order valence-corrected chi connectivity index (χ2v) is 4.90. The van der Waals surface area contributed by atoms with E-state index in [-0.39, 0.29) is 25.0 Å². The highest BCUT2D eigenvalue weighted by Gasteiger charge is 2.25. The minimum atomic E-state index is -0.619. The van der Waals surface area contributed by atoms with E-state index in [0.717, 1.165) is 0 Å². The lowest BCUT2D eigenvalue weighted by atomic mass is 10.0. The molecule has 0 saturated carbocycles. The molecule has 1 heterocycles. The van der Waals surface area contributed by atoms with Crippen LogP contribution in [0.5, 0.6) is 0 Å². The molecule has 19 heavy (non-hydrogen) atoms. The van der Waals surface area contributed by atoms with Gasteiger partial charge in [0, 0.05) is 5.69 Å². The number of hydrogen-bond acceptors (Lipinski definition) is 3. The van der Waals surface area contributed by atoms with Crippen molar-refractivity contribution in [2.75, 3.05) is 18.5 Å². The van der Waals surface area contributed by atoms with E-state index in [9.17, 15) is 9.59 Å². The van der Waals surface area contributed by atoms with Crippen molar-refractivity contribution < 1.29 is 14.3 Å². The second-order valence-electron chi connectivity index (χ2n) is 4.90. The molecule has 0 aromatic heterocycles. The van der Waals surface area contributed by atoms with Crippen molar-refractivity contribution in [3.63, 3.8) is 0 Å². The summed E-state index contributed by atoms with van der Waals surface area (Å²) in [4.78, 5) is 23.1. The molecule has 5 nitrogen and oxygen atoms in total. The van der Waals surface area contributed by atoms with Gasteiger partial charge in [0.2, 0.25) is 11.8 Å². The predicted octanol–water partition coefficient (Wildman–Crippen LogP) is 1.26. The summed E-state index contributed by atoms with van der Waals surface area (Å²) >= 11 is 0. The smallest absolute Gasteiger partial charge is 0.249 e. The van der Waals surface area contributed by atoms with Crippen molar-refractivity contribution in [1.29, 1.82) is 0 Å². The monoisotopic (exact) mass is 262 g/mol. The molecule has 1 unspecified atom stereocenters. The van der Waals surface area contributed by atoms with Crippen LogP contribution in [0, 0.1) is 0 Å². The van der Waals surface area contributed by atoms with Gasteiger partial charge >= 0.3 is 0 Å². The molecule has 1 aliphatic rings. The third-order valence-corrected chi connectivity index (χ3v) is 3.01. The summed E-state index contributed by atoms with van der Waals surface area (Å²) in [5, 5.41) is 5.35. The molecular weight excluding hydrogens is 244 g/mol. The summed E-state index contributed by atoms with van der Waals surface area (Å²) in [6, 6.07) is 7.07. The Morgan fingerprint density at radius 1 is 1.37 bits per heavy atom. The lowest BCUT2D eigenvalue weighted by Gasteiger charge is -2.22. The van der Waals surface area contributed by atoms with Crippen molar-refractivity contribution in [2.24, 2.45) is 0 Å². The number of amides is 2. The van der Waals surface area contributed by atoms with Crippen LogP contribution >= 0.6 is 0 Å². The molecular formula is C14H18N2O3. The Morgan fingerprint density at radius 2 is 2.05 bits per heavy atom. The Kier molecular flexibility index (Phi) is 4.16. The van der Waals surface area contributed by atoms with Crippen molar-refractivity contribution in [3.05, 3.63) is 29.8 Å². The van der Waals surface area contributed by atoms with Crippen LogP contribution in [0.15, 0.2) is 24.3 Å². The molecule has 1 aliphatic heterocycles. The SMILES string of the molecule is CC(C)c1ccc(NC(=O)C2COCC(=O)N2)cc1. The minimum Gasteiger partial charge on any atom is -0.369 e. The maximum atomic E-state index is 11.9. The zero-order valence-corrected chi connectivity index (χ0v) is 11.1. The first-order valence-electron chi connectivity index (χ1n) is 6.34. The van der Waals surface area contributed by atoms with Gasteiger partial charge in [-0.25, -0.2) is 0 Å². The van der Waals surface area contributed by atoms with E-state index in [2.05, 4.69) is 24.5 Å². The van der Waals surface area contributed by atoms with E-state index in [1.165, 1.54) is 5.56 Å². The number of rotatable bonds is 3. The number of benzene rings is 1. The topological polar surface area (TPSA) is 67.4 Å². The Labute approximate surface area is 112 Å². The molecule has 1 aromatic carbocycles. The fourth-order valence-electron chi connectivity index (χ4n) is 1.87. The zero-order chi connectivity index (χ0) is 13.8. The highest BCUT2D eigenvalue weighted by Crippen LogP contribution is 2.17. The Morgan fingerprint density at radius 3 is 2.63 bits per heavy atom. The van der Waals surface area contributed by atoms with Crippen LogP contribution in [0.3, 0.4) is 0 Å². The number of hydrogen-bond donors (Lipinski definition) is 2. The lowest BCUT2D eigenvalue weighted by Crippen LogP contribution is -2.51. The van der Waals surface area contributed by atoms with Crippen molar-refractivity contribution in [3.8, 4) is 0 Å². The van der Waals surface area contributed by atoms with Gasteiger partial charge in [0.05, 0.1) is 6.61 Å². The second kappa shape index (κ2) is 5.84. The van der Waals surface area contributed by atoms with Gasteiger partial charge < -0.3 is 15.4 Å². The highest BCUT2D eigenvalue weighted by atomic mass is 16.5. The summed E-state index contributed by atoms with van der Waals surface area (Å²) in [5.41, 5.74) is 1.93. The molecule has 1 saturated heterocycles. The highest BCUT2D eigenvalue weighted by molar-refractivity contribution is 5.97. The number of nitrogens with one attached hydrogen (secondary N) is 2. The van der Waals surface area contributed by atoms with E-state index >= 15 is 0 Å². The predicted molar refractivity (Wildman–Crippen MR) is 71.9 cm³/mol. The van der Waals surface area contributed by atoms with E-state index < -0.39 is 6.04 Å². The van der Waals surface area contributed by atoms with Crippen LogP contribution < -0.4 is 10.6 Å². The molecule has 0 spiro atoms. The Bertz CT molecular complexity index is 468. The number of morpholine rings is 1. The van der Waals surface area contributed by atoms with Crippen molar-refractivity contribution >= 4 is 17.5 Å². The maximum absolute atomic E-state index is 11.9. The third kappa shape index (κ3) is 3.54. The number of carbonyl (C=O) groups is 2. The zero-order valence-electron chi connectivity index (χ0n) is 11.1. The van der Waals surface area contributed by atoms with E-state index in [1.807, 2.05) is 24.3 Å². The Hall–Kier alpha value is -1.88. The van der Waals surface area contributed by atoms with Crippen LogP contribution in [-0.2, 0) is 14.3 Å². The van der Waals surface area contributed by atoms with Gasteiger partial charge in [-0.05, 0) is 23.6 Å². The van der Waals surface area contributed by atoms with Gasteiger partial charge in [-0.2, -0.15) is 0 Å². The first-order valence-corrected chi connectivity index (χ1v) is 6.34. The summed E-state index contributed by atoms with van der Waals surface area (Å²) in [7, 11) is 0. The van der Waals surface area contributed by atoms with Gasteiger partial charge in [-0.1, -0.05) is 26.0 Å². The summed E-state index contributed by atoms with van der Waals surface area (Å²) in [6.07, 6.45) is 0. The van der Waals surface area contributed by atoms with Gasteiger partial charge in [0.25, 0.3) is 0 Å². The van der Waals surface area contributed by atoms with Crippen LogP contribution in [0.25, 0.3) is 0 Å². The average molecular weight is 262 g/mol. The molecule has 1 aromatic rings.